The van der Waals surface area contributed by atoms with Crippen LogP contribution in [-0.2, 0) is 4.79 Å². The Hall–Kier alpha value is -1.96. The van der Waals surface area contributed by atoms with Crippen molar-refractivity contribution in [3.63, 3.8) is 0 Å². The number of amides is 1. The minimum absolute atomic E-state index is 0.0643. The Morgan fingerprint density at radius 3 is 2.68 bits per heavy atom. The summed E-state index contributed by atoms with van der Waals surface area (Å²) in [6.07, 6.45) is 1.000. The third kappa shape index (κ3) is 4.02. The maximum Gasteiger partial charge on any atom is 0.329 e. The molecule has 1 aromatic rings. The first-order valence-corrected chi connectivity index (χ1v) is 6.05. The molecule has 8 nitrogen and oxygen atoms in total. The maximum absolute atomic E-state index is 11.8. The fraction of sp³-hybridized carbons (Fsp3) is 0.500. The van der Waals surface area contributed by atoms with Crippen molar-refractivity contribution in [1.29, 1.82) is 0 Å². The van der Waals surface area contributed by atoms with Crippen LogP contribution in [0.5, 0.6) is 0 Å². The van der Waals surface area contributed by atoms with E-state index in [1.54, 1.807) is 4.90 Å². The molecular formula is C10H14ClN5O3. The summed E-state index contributed by atoms with van der Waals surface area (Å²) in [6.45, 7) is 4.76. The molecular weight excluding hydrogens is 274 g/mol. The summed E-state index contributed by atoms with van der Waals surface area (Å²) in [7, 11) is 0. The summed E-state index contributed by atoms with van der Waals surface area (Å²) >= 11 is 5.57. The number of aromatic nitrogens is 2. The van der Waals surface area contributed by atoms with Gasteiger partial charge in [0.05, 0.1) is 11.5 Å². The molecule has 0 aliphatic heterocycles. The predicted molar refractivity (Wildman–Crippen MR) is 70.1 cm³/mol. The standard InChI is InChI=1S/C10H14ClN5O3/c1-3-15(4-2)8(17)6-12-9-7(16(18)19)5-13-10(11)14-9/h5H,3-4,6H2,1-2H3,(H,12,13,14). The first-order chi connectivity index (χ1) is 8.99. The molecule has 0 unspecified atom stereocenters. The van der Waals surface area contributed by atoms with Gasteiger partial charge >= 0.3 is 5.69 Å². The van der Waals surface area contributed by atoms with Crippen LogP contribution in [0.4, 0.5) is 11.5 Å². The van der Waals surface area contributed by atoms with E-state index >= 15 is 0 Å². The van der Waals surface area contributed by atoms with Gasteiger partial charge in [0.1, 0.15) is 6.20 Å². The van der Waals surface area contributed by atoms with Crippen molar-refractivity contribution in [2.45, 2.75) is 13.8 Å². The van der Waals surface area contributed by atoms with E-state index in [9.17, 15) is 14.9 Å². The molecule has 0 saturated heterocycles. The van der Waals surface area contributed by atoms with Gasteiger partial charge in [-0.2, -0.15) is 4.98 Å². The Labute approximate surface area is 114 Å². The van der Waals surface area contributed by atoms with Gasteiger partial charge in [0.25, 0.3) is 0 Å². The van der Waals surface area contributed by atoms with Crippen molar-refractivity contribution >= 4 is 29.0 Å². The Morgan fingerprint density at radius 2 is 2.16 bits per heavy atom. The first kappa shape index (κ1) is 15.1. The first-order valence-electron chi connectivity index (χ1n) is 5.68. The lowest BCUT2D eigenvalue weighted by molar-refractivity contribution is -0.384. The Balaban J connectivity index is 2.79. The van der Waals surface area contributed by atoms with Crippen molar-refractivity contribution in [3.05, 3.63) is 21.6 Å². The highest BCUT2D eigenvalue weighted by Crippen LogP contribution is 2.21. The van der Waals surface area contributed by atoms with Gasteiger partial charge < -0.3 is 10.2 Å². The largest absolute Gasteiger partial charge is 0.355 e. The summed E-state index contributed by atoms with van der Waals surface area (Å²) in [5.74, 6) is -0.237. The van der Waals surface area contributed by atoms with E-state index in [0.29, 0.717) is 13.1 Å². The molecule has 0 bridgehead atoms. The average Bonchev–Trinajstić information content (AvgIpc) is 2.37. The zero-order chi connectivity index (χ0) is 14.4. The van der Waals surface area contributed by atoms with E-state index in [-0.39, 0.29) is 29.2 Å². The third-order valence-corrected chi connectivity index (χ3v) is 2.64. The molecule has 1 N–H and O–H groups in total. The van der Waals surface area contributed by atoms with Crippen molar-refractivity contribution < 1.29 is 9.72 Å². The number of anilines is 1. The molecule has 0 radical (unpaired) electrons. The number of nitrogens with one attached hydrogen (secondary N) is 1. The van der Waals surface area contributed by atoms with Crippen LogP contribution in [0.3, 0.4) is 0 Å². The van der Waals surface area contributed by atoms with E-state index in [0.717, 1.165) is 6.20 Å². The number of rotatable bonds is 6. The summed E-state index contributed by atoms with van der Waals surface area (Å²) in [5.41, 5.74) is -0.322. The molecule has 0 spiro atoms. The van der Waals surface area contributed by atoms with Crippen LogP contribution in [0.2, 0.25) is 5.28 Å². The molecule has 1 rings (SSSR count). The number of carbonyl (C=O) groups excluding carboxylic acids is 1. The number of likely N-dealkylation sites (N-methyl/N-ethyl adjacent to an activating group) is 1. The molecule has 19 heavy (non-hydrogen) atoms. The molecule has 9 heteroatoms. The topological polar surface area (TPSA) is 101 Å². The molecule has 1 aromatic heterocycles. The van der Waals surface area contributed by atoms with Crippen LogP contribution < -0.4 is 5.32 Å². The quantitative estimate of drug-likeness (QED) is 0.481. The molecule has 0 fully saturated rings. The van der Waals surface area contributed by atoms with Crippen LogP contribution in [0.1, 0.15) is 13.8 Å². The van der Waals surface area contributed by atoms with E-state index in [1.165, 1.54) is 0 Å². The number of nitro groups is 1. The minimum atomic E-state index is -0.638. The number of nitrogens with zero attached hydrogens (tertiary/aromatic N) is 4. The second-order valence-corrected chi connectivity index (χ2v) is 3.89. The summed E-state index contributed by atoms with van der Waals surface area (Å²) < 4.78 is 0. The fourth-order valence-corrected chi connectivity index (χ4v) is 1.60. The van der Waals surface area contributed by atoms with Gasteiger partial charge in [-0.3, -0.25) is 14.9 Å². The molecule has 0 atom stereocenters. The molecule has 0 aliphatic rings. The molecule has 104 valence electrons. The van der Waals surface area contributed by atoms with Gasteiger partial charge in [-0.05, 0) is 25.4 Å². The zero-order valence-corrected chi connectivity index (χ0v) is 11.3. The third-order valence-electron chi connectivity index (χ3n) is 2.46. The van der Waals surface area contributed by atoms with Gasteiger partial charge in [0, 0.05) is 13.1 Å². The average molecular weight is 288 g/mol. The fourth-order valence-electron chi connectivity index (χ4n) is 1.47. The monoisotopic (exact) mass is 287 g/mol. The molecule has 0 aromatic carbocycles. The van der Waals surface area contributed by atoms with Crippen molar-refractivity contribution in [3.8, 4) is 0 Å². The molecule has 1 amide bonds. The molecule has 0 saturated carbocycles. The molecule has 1 heterocycles. The van der Waals surface area contributed by atoms with Crippen molar-refractivity contribution in [1.82, 2.24) is 14.9 Å². The van der Waals surface area contributed by atoms with Gasteiger partial charge in [-0.15, -0.1) is 0 Å². The van der Waals surface area contributed by atoms with Gasteiger partial charge in [-0.1, -0.05) is 0 Å². The highest BCUT2D eigenvalue weighted by atomic mass is 35.5. The second kappa shape index (κ2) is 6.83. The smallest absolute Gasteiger partial charge is 0.329 e. The minimum Gasteiger partial charge on any atom is -0.355 e. The lowest BCUT2D eigenvalue weighted by Gasteiger charge is -2.18. The number of carbonyl (C=O) groups is 1. The van der Waals surface area contributed by atoms with E-state index in [4.69, 9.17) is 11.6 Å². The summed E-state index contributed by atoms with van der Waals surface area (Å²) in [4.78, 5) is 30.7. The highest BCUT2D eigenvalue weighted by molar-refractivity contribution is 6.28. The number of halogens is 1. The van der Waals surface area contributed by atoms with Crippen LogP contribution in [0, 0.1) is 10.1 Å². The molecule has 0 aliphatic carbocycles. The Bertz CT molecular complexity index is 478. The highest BCUT2D eigenvalue weighted by Gasteiger charge is 2.18. The van der Waals surface area contributed by atoms with Crippen LogP contribution >= 0.6 is 11.6 Å². The maximum atomic E-state index is 11.8. The predicted octanol–water partition coefficient (Wildman–Crippen LogP) is 1.32. The van der Waals surface area contributed by atoms with E-state index in [1.807, 2.05) is 13.8 Å². The zero-order valence-electron chi connectivity index (χ0n) is 10.6. The Kier molecular flexibility index (Phi) is 5.43. The van der Waals surface area contributed by atoms with Crippen LogP contribution in [0.15, 0.2) is 6.20 Å². The lowest BCUT2D eigenvalue weighted by atomic mass is 10.4. The summed E-state index contributed by atoms with van der Waals surface area (Å²) in [6, 6.07) is 0. The lowest BCUT2D eigenvalue weighted by Crippen LogP contribution is -2.35. The van der Waals surface area contributed by atoms with Crippen LogP contribution in [-0.4, -0.2) is 45.3 Å². The van der Waals surface area contributed by atoms with Crippen molar-refractivity contribution in [2.24, 2.45) is 0 Å². The van der Waals surface area contributed by atoms with Crippen LogP contribution in [0.25, 0.3) is 0 Å². The second-order valence-electron chi connectivity index (χ2n) is 3.55. The van der Waals surface area contributed by atoms with Gasteiger partial charge in [-0.25, -0.2) is 4.98 Å². The Morgan fingerprint density at radius 1 is 1.53 bits per heavy atom. The SMILES string of the molecule is CCN(CC)C(=O)CNc1nc(Cl)ncc1[N+](=O)[O-]. The number of hydrogen-bond donors (Lipinski definition) is 1. The van der Waals surface area contributed by atoms with Crippen molar-refractivity contribution in [2.75, 3.05) is 25.0 Å². The number of hydrogen-bond acceptors (Lipinski definition) is 6. The van der Waals surface area contributed by atoms with E-state index in [2.05, 4.69) is 15.3 Å². The van der Waals surface area contributed by atoms with E-state index < -0.39 is 4.92 Å². The normalized spacial score (nSPS) is 10.1. The van der Waals surface area contributed by atoms with Gasteiger partial charge in [0.2, 0.25) is 17.0 Å². The van der Waals surface area contributed by atoms with Gasteiger partial charge in [0.15, 0.2) is 0 Å². The summed E-state index contributed by atoms with van der Waals surface area (Å²) in [5, 5.41) is 13.3.